The second kappa shape index (κ2) is 10.4. The van der Waals surface area contributed by atoms with Crippen LogP contribution in [0.5, 0.6) is 17.5 Å². The Bertz CT molecular complexity index is 1290. The first-order chi connectivity index (χ1) is 15.7. The molecule has 176 valence electrons. The normalized spacial score (nSPS) is 11.3. The number of aryl methyl sites for hydroxylation is 1. The van der Waals surface area contributed by atoms with Gasteiger partial charge in [0, 0.05) is 30.9 Å². The van der Waals surface area contributed by atoms with Crippen molar-refractivity contribution in [2.24, 2.45) is 7.05 Å². The fraction of sp³-hybridized carbons (Fsp3) is 0.318. The Labute approximate surface area is 191 Å². The first kappa shape index (κ1) is 24.2. The van der Waals surface area contributed by atoms with Crippen molar-refractivity contribution in [1.82, 2.24) is 14.5 Å². The number of aromatic nitrogens is 3. The van der Waals surface area contributed by atoms with Crippen LogP contribution in [0.2, 0.25) is 0 Å². The number of pyridine rings is 1. The summed E-state index contributed by atoms with van der Waals surface area (Å²) in [7, 11) is -2.09. The number of hydrogen-bond acceptors (Lipinski definition) is 7. The Kier molecular flexibility index (Phi) is 7.64. The fourth-order valence-electron chi connectivity index (χ4n) is 2.90. The lowest BCUT2D eigenvalue weighted by molar-refractivity contribution is 0.293. The predicted octanol–water partition coefficient (Wildman–Crippen LogP) is 3.71. The van der Waals surface area contributed by atoms with Crippen LogP contribution in [0.4, 0.5) is 10.2 Å². The van der Waals surface area contributed by atoms with Crippen LogP contribution in [0.25, 0.3) is 11.3 Å². The zero-order valence-corrected chi connectivity index (χ0v) is 19.4. The minimum absolute atomic E-state index is 0.0512. The number of halogens is 1. The highest BCUT2D eigenvalue weighted by Crippen LogP contribution is 2.34. The van der Waals surface area contributed by atoms with E-state index in [1.165, 1.54) is 41.1 Å². The molecule has 0 saturated heterocycles. The van der Waals surface area contributed by atoms with E-state index in [9.17, 15) is 17.6 Å². The van der Waals surface area contributed by atoms with E-state index in [-0.39, 0.29) is 40.3 Å². The molecular weight excluding hydrogens is 451 g/mol. The van der Waals surface area contributed by atoms with E-state index < -0.39 is 15.8 Å². The lowest BCUT2D eigenvalue weighted by Crippen LogP contribution is -2.17. The largest absolute Gasteiger partial charge is 0.490 e. The van der Waals surface area contributed by atoms with Gasteiger partial charge in [-0.3, -0.25) is 9.52 Å². The van der Waals surface area contributed by atoms with Crippen LogP contribution in [-0.2, 0) is 17.1 Å². The highest BCUT2D eigenvalue weighted by molar-refractivity contribution is 7.92. The van der Waals surface area contributed by atoms with Crippen LogP contribution in [0.1, 0.15) is 26.7 Å². The lowest BCUT2D eigenvalue weighted by atomic mass is 10.2. The highest BCUT2D eigenvalue weighted by atomic mass is 32.2. The summed E-state index contributed by atoms with van der Waals surface area (Å²) in [5, 5.41) is 0. The number of nitrogens with zero attached hydrogens (tertiary/aromatic N) is 3. The molecule has 9 nitrogen and oxygen atoms in total. The maximum atomic E-state index is 14.5. The molecule has 2 heterocycles. The van der Waals surface area contributed by atoms with Crippen LogP contribution in [-0.4, -0.2) is 35.3 Å². The molecule has 3 rings (SSSR count). The molecule has 0 aliphatic rings. The molecule has 0 amide bonds. The average Bonchev–Trinajstić information content (AvgIpc) is 2.75. The molecule has 0 unspecified atom stereocenters. The zero-order chi connectivity index (χ0) is 24.0. The van der Waals surface area contributed by atoms with Crippen molar-refractivity contribution < 1.29 is 22.3 Å². The SMILES string of the molecule is CCCOc1cccc(F)c1Oc1nc(NS(=O)(=O)CCC)cc(-c2ccc(=O)n(C)c2)n1. The third kappa shape index (κ3) is 6.28. The van der Waals surface area contributed by atoms with Gasteiger partial charge in [0.2, 0.25) is 21.3 Å². The third-order valence-corrected chi connectivity index (χ3v) is 5.87. The number of sulfonamides is 1. The molecule has 0 atom stereocenters. The first-order valence-electron chi connectivity index (χ1n) is 10.4. The molecule has 33 heavy (non-hydrogen) atoms. The summed E-state index contributed by atoms with van der Waals surface area (Å²) in [6, 6.07) is 8.26. The van der Waals surface area contributed by atoms with Gasteiger partial charge in [-0.25, -0.2) is 12.8 Å². The molecule has 0 radical (unpaired) electrons. The number of nitrogens with one attached hydrogen (secondary N) is 1. The monoisotopic (exact) mass is 476 g/mol. The van der Waals surface area contributed by atoms with Gasteiger partial charge in [0.05, 0.1) is 18.1 Å². The first-order valence-corrected chi connectivity index (χ1v) is 12.0. The van der Waals surface area contributed by atoms with Gasteiger partial charge in [0.15, 0.2) is 11.6 Å². The van der Waals surface area contributed by atoms with Crippen molar-refractivity contribution in [3.05, 3.63) is 58.8 Å². The molecule has 0 bridgehead atoms. The number of ether oxygens (including phenoxy) is 2. The molecule has 1 aromatic carbocycles. The van der Waals surface area contributed by atoms with E-state index in [4.69, 9.17) is 9.47 Å². The molecule has 0 saturated carbocycles. The summed E-state index contributed by atoms with van der Waals surface area (Å²) in [6.07, 6.45) is 2.65. The van der Waals surface area contributed by atoms with E-state index in [0.717, 1.165) is 0 Å². The van der Waals surface area contributed by atoms with E-state index in [1.54, 1.807) is 20.0 Å². The maximum absolute atomic E-state index is 14.5. The molecule has 0 spiro atoms. The molecular formula is C22H25FN4O5S. The van der Waals surface area contributed by atoms with E-state index in [0.29, 0.717) is 25.0 Å². The van der Waals surface area contributed by atoms with Gasteiger partial charge in [-0.15, -0.1) is 0 Å². The van der Waals surface area contributed by atoms with Crippen LogP contribution >= 0.6 is 0 Å². The van der Waals surface area contributed by atoms with Crippen LogP contribution in [0.3, 0.4) is 0 Å². The molecule has 0 aliphatic carbocycles. The van der Waals surface area contributed by atoms with Crippen LogP contribution in [0.15, 0.2) is 47.4 Å². The number of hydrogen-bond donors (Lipinski definition) is 1. The summed E-state index contributed by atoms with van der Waals surface area (Å²) >= 11 is 0. The molecule has 1 N–H and O–H groups in total. The van der Waals surface area contributed by atoms with Crippen molar-refractivity contribution >= 4 is 15.8 Å². The number of rotatable bonds is 10. The summed E-state index contributed by atoms with van der Waals surface area (Å²) < 4.78 is 54.1. The summed E-state index contributed by atoms with van der Waals surface area (Å²) in [4.78, 5) is 20.2. The van der Waals surface area contributed by atoms with Gasteiger partial charge < -0.3 is 14.0 Å². The molecule has 2 aromatic heterocycles. The molecule has 3 aromatic rings. The van der Waals surface area contributed by atoms with Crippen molar-refractivity contribution in [2.45, 2.75) is 26.7 Å². The summed E-state index contributed by atoms with van der Waals surface area (Å²) in [6.45, 7) is 3.99. The third-order valence-electron chi connectivity index (χ3n) is 4.41. The van der Waals surface area contributed by atoms with Gasteiger partial charge in [0.1, 0.15) is 5.82 Å². The van der Waals surface area contributed by atoms with Crippen molar-refractivity contribution in [2.75, 3.05) is 17.1 Å². The van der Waals surface area contributed by atoms with Crippen molar-refractivity contribution in [1.29, 1.82) is 0 Å². The van der Waals surface area contributed by atoms with Crippen LogP contribution in [0, 0.1) is 5.82 Å². The molecule has 0 aliphatic heterocycles. The summed E-state index contributed by atoms with van der Waals surface area (Å²) in [5.74, 6) is -0.894. The smallest absolute Gasteiger partial charge is 0.324 e. The molecule has 0 fully saturated rings. The fourth-order valence-corrected chi connectivity index (χ4v) is 3.96. The standard InChI is InChI=1S/C22H25FN4O5S/c1-4-11-31-18-8-6-7-16(23)21(18)32-22-24-17(15-9-10-20(28)27(3)14-15)13-19(25-22)26-33(29,30)12-5-2/h6-10,13-14H,4-5,11-12H2,1-3H3,(H,24,25,26). The second-order valence-corrected chi connectivity index (χ2v) is 9.07. The Balaban J connectivity index is 2.08. The van der Waals surface area contributed by atoms with Crippen LogP contribution < -0.4 is 19.8 Å². The summed E-state index contributed by atoms with van der Waals surface area (Å²) in [5.41, 5.74) is 0.561. The Hall–Kier alpha value is -3.47. The number of anilines is 1. The Morgan fingerprint density at radius 2 is 1.91 bits per heavy atom. The maximum Gasteiger partial charge on any atom is 0.324 e. The number of para-hydroxylation sites is 1. The van der Waals surface area contributed by atoms with E-state index in [1.807, 2.05) is 6.92 Å². The topological polar surface area (TPSA) is 112 Å². The quantitative estimate of drug-likeness (QED) is 0.475. The van der Waals surface area contributed by atoms with Gasteiger partial charge in [0.25, 0.3) is 0 Å². The highest BCUT2D eigenvalue weighted by Gasteiger charge is 2.18. The average molecular weight is 477 g/mol. The van der Waals surface area contributed by atoms with E-state index in [2.05, 4.69) is 14.7 Å². The molecule has 11 heteroatoms. The van der Waals surface area contributed by atoms with Gasteiger partial charge in [-0.1, -0.05) is 19.9 Å². The van der Waals surface area contributed by atoms with Crippen molar-refractivity contribution in [3.8, 4) is 28.8 Å². The lowest BCUT2D eigenvalue weighted by Gasteiger charge is -2.14. The van der Waals surface area contributed by atoms with E-state index >= 15 is 0 Å². The van der Waals surface area contributed by atoms with Crippen molar-refractivity contribution in [3.63, 3.8) is 0 Å². The second-order valence-electron chi connectivity index (χ2n) is 7.23. The number of benzene rings is 1. The predicted molar refractivity (Wildman–Crippen MR) is 123 cm³/mol. The van der Waals surface area contributed by atoms with Gasteiger partial charge >= 0.3 is 6.01 Å². The minimum atomic E-state index is -3.67. The Morgan fingerprint density at radius 1 is 1.12 bits per heavy atom. The van der Waals surface area contributed by atoms with Gasteiger partial charge in [-0.2, -0.15) is 9.97 Å². The van der Waals surface area contributed by atoms with Gasteiger partial charge in [-0.05, 0) is 31.0 Å². The minimum Gasteiger partial charge on any atom is -0.490 e. The zero-order valence-electron chi connectivity index (χ0n) is 18.5. The Morgan fingerprint density at radius 3 is 2.61 bits per heavy atom.